The number of piperidine rings is 1. The lowest BCUT2D eigenvalue weighted by molar-refractivity contribution is 0.140. The van der Waals surface area contributed by atoms with Gasteiger partial charge in [-0.1, -0.05) is 19.3 Å². The van der Waals surface area contributed by atoms with Gasteiger partial charge in [-0.3, -0.25) is 0 Å². The molecule has 0 aromatic carbocycles. The molecule has 18 heavy (non-hydrogen) atoms. The van der Waals surface area contributed by atoms with Crippen LogP contribution < -0.4 is 10.6 Å². The van der Waals surface area contributed by atoms with Gasteiger partial charge in [-0.05, 0) is 56.8 Å². The normalized spacial score (nSPS) is 51.3. The lowest BCUT2D eigenvalue weighted by Crippen LogP contribution is -2.51. The minimum Gasteiger partial charge on any atom is -0.311 e. The molecule has 4 bridgehead atoms. The molecule has 4 aliphatic rings. The lowest BCUT2D eigenvalue weighted by Gasteiger charge is -2.42. The van der Waals surface area contributed by atoms with Crippen LogP contribution in [0.5, 0.6) is 0 Å². The Morgan fingerprint density at radius 1 is 0.667 bits per heavy atom. The molecule has 0 amide bonds. The molecule has 2 saturated carbocycles. The summed E-state index contributed by atoms with van der Waals surface area (Å²) in [6.45, 7) is 0. The van der Waals surface area contributed by atoms with E-state index in [0.29, 0.717) is 0 Å². The summed E-state index contributed by atoms with van der Waals surface area (Å²) in [4.78, 5) is 0. The fraction of sp³-hybridized carbons (Fsp3) is 1.00. The largest absolute Gasteiger partial charge is 0.311 e. The van der Waals surface area contributed by atoms with E-state index < -0.39 is 0 Å². The summed E-state index contributed by atoms with van der Waals surface area (Å²) in [5.74, 6) is 2.13. The molecule has 2 aliphatic heterocycles. The average molecular weight is 248 g/mol. The zero-order valence-electron chi connectivity index (χ0n) is 11.5. The summed E-state index contributed by atoms with van der Waals surface area (Å²) in [5, 5.41) is 7.80. The van der Waals surface area contributed by atoms with Crippen LogP contribution in [0.25, 0.3) is 0 Å². The molecule has 2 saturated heterocycles. The molecule has 102 valence electrons. The summed E-state index contributed by atoms with van der Waals surface area (Å²) in [6.07, 6.45) is 14.7. The third-order valence-corrected chi connectivity index (χ3v) is 6.07. The van der Waals surface area contributed by atoms with E-state index in [9.17, 15) is 0 Å². The van der Waals surface area contributed by atoms with Gasteiger partial charge in [0.15, 0.2) is 0 Å². The van der Waals surface area contributed by atoms with Crippen molar-refractivity contribution in [3.8, 4) is 0 Å². The fourth-order valence-corrected chi connectivity index (χ4v) is 5.39. The van der Waals surface area contributed by atoms with Gasteiger partial charge in [0.25, 0.3) is 0 Å². The lowest BCUT2D eigenvalue weighted by atomic mass is 9.70. The maximum Gasteiger partial charge on any atom is 0.00992 e. The zero-order chi connectivity index (χ0) is 11.9. The molecule has 0 aromatic rings. The van der Waals surface area contributed by atoms with Crippen LogP contribution >= 0.6 is 0 Å². The van der Waals surface area contributed by atoms with Crippen molar-refractivity contribution in [1.29, 1.82) is 0 Å². The van der Waals surface area contributed by atoms with Crippen LogP contribution in [0.3, 0.4) is 0 Å². The molecular formula is C16H28N2. The van der Waals surface area contributed by atoms with Crippen LogP contribution in [-0.2, 0) is 0 Å². The third-order valence-electron chi connectivity index (χ3n) is 6.07. The van der Waals surface area contributed by atoms with Crippen molar-refractivity contribution in [2.45, 2.75) is 88.4 Å². The van der Waals surface area contributed by atoms with E-state index >= 15 is 0 Å². The molecular weight excluding hydrogens is 220 g/mol. The van der Waals surface area contributed by atoms with Crippen LogP contribution in [0.1, 0.15) is 64.2 Å². The van der Waals surface area contributed by atoms with Crippen molar-refractivity contribution in [3.63, 3.8) is 0 Å². The van der Waals surface area contributed by atoms with E-state index in [2.05, 4.69) is 10.6 Å². The summed E-state index contributed by atoms with van der Waals surface area (Å²) in [7, 11) is 0. The fourth-order valence-electron chi connectivity index (χ4n) is 5.39. The van der Waals surface area contributed by atoms with Crippen molar-refractivity contribution >= 4 is 0 Å². The first-order valence-electron chi connectivity index (χ1n) is 8.37. The van der Waals surface area contributed by atoms with Gasteiger partial charge in [-0.15, -0.1) is 0 Å². The van der Waals surface area contributed by atoms with E-state index in [0.717, 1.165) is 36.0 Å². The van der Waals surface area contributed by atoms with Crippen LogP contribution in [-0.4, -0.2) is 24.2 Å². The first-order chi connectivity index (χ1) is 8.85. The average Bonchev–Trinajstić information content (AvgIpc) is 2.68. The number of rotatable bonds is 2. The van der Waals surface area contributed by atoms with Gasteiger partial charge in [0.2, 0.25) is 0 Å². The minimum absolute atomic E-state index is 0.826. The number of fused-ring (bicyclic) bond motifs is 4. The second-order valence-electron chi connectivity index (χ2n) is 7.54. The van der Waals surface area contributed by atoms with Gasteiger partial charge in [-0.25, -0.2) is 0 Å². The Morgan fingerprint density at radius 3 is 1.94 bits per heavy atom. The predicted octanol–water partition coefficient (Wildman–Crippen LogP) is 2.83. The smallest absolute Gasteiger partial charge is 0.00992 e. The van der Waals surface area contributed by atoms with Crippen LogP contribution in [0.4, 0.5) is 0 Å². The first kappa shape index (κ1) is 11.7. The highest BCUT2D eigenvalue weighted by Crippen LogP contribution is 2.40. The summed E-state index contributed by atoms with van der Waals surface area (Å²) in [6, 6.07) is 3.36. The number of hydrogen-bond donors (Lipinski definition) is 2. The van der Waals surface area contributed by atoms with E-state index in [1.54, 1.807) is 6.42 Å². The summed E-state index contributed by atoms with van der Waals surface area (Å²) in [5.41, 5.74) is 0. The second-order valence-corrected chi connectivity index (χ2v) is 7.54. The maximum atomic E-state index is 4.05. The molecule has 2 heteroatoms. The molecule has 4 fully saturated rings. The van der Waals surface area contributed by atoms with E-state index in [4.69, 9.17) is 0 Å². The van der Waals surface area contributed by atoms with Crippen LogP contribution in [0, 0.1) is 11.8 Å². The molecule has 2 N–H and O–H groups in total. The van der Waals surface area contributed by atoms with E-state index in [1.807, 2.05) is 0 Å². The molecule has 4 rings (SSSR count). The van der Waals surface area contributed by atoms with Gasteiger partial charge in [0.05, 0.1) is 0 Å². The minimum atomic E-state index is 0.826. The van der Waals surface area contributed by atoms with Crippen molar-refractivity contribution in [3.05, 3.63) is 0 Å². The molecule has 4 unspecified atom stereocenters. The monoisotopic (exact) mass is 248 g/mol. The molecule has 2 nitrogen and oxygen atoms in total. The van der Waals surface area contributed by atoms with Crippen LogP contribution in [0.15, 0.2) is 0 Å². The zero-order valence-corrected chi connectivity index (χ0v) is 11.5. The van der Waals surface area contributed by atoms with Gasteiger partial charge in [0, 0.05) is 24.2 Å². The highest BCUT2D eigenvalue weighted by Gasteiger charge is 2.36. The van der Waals surface area contributed by atoms with Gasteiger partial charge < -0.3 is 10.6 Å². The Bertz CT molecular complexity index is 279. The number of hydrogen-bond acceptors (Lipinski definition) is 2. The predicted molar refractivity (Wildman–Crippen MR) is 74.6 cm³/mol. The third kappa shape index (κ3) is 2.34. The Morgan fingerprint density at radius 2 is 1.28 bits per heavy atom. The van der Waals surface area contributed by atoms with Crippen LogP contribution in [0.2, 0.25) is 0 Å². The SMILES string of the molecule is C1CC2CC(C1)CC(NC1CC3CCC(C1)N3)C2. The standard InChI is InChI=1S/C16H28N2/c1-2-11-6-12(3-1)8-15(7-11)18-16-9-13-4-5-14(10-16)17-13/h11-18H,1-10H2. The first-order valence-corrected chi connectivity index (χ1v) is 8.37. The number of nitrogens with one attached hydrogen (secondary N) is 2. The maximum absolute atomic E-state index is 4.05. The Balaban J connectivity index is 1.34. The Hall–Kier alpha value is -0.0800. The van der Waals surface area contributed by atoms with Gasteiger partial charge in [0.1, 0.15) is 0 Å². The van der Waals surface area contributed by atoms with Crippen molar-refractivity contribution in [2.75, 3.05) is 0 Å². The molecule has 0 radical (unpaired) electrons. The molecule has 4 atom stereocenters. The van der Waals surface area contributed by atoms with E-state index in [-0.39, 0.29) is 0 Å². The second kappa shape index (κ2) is 4.79. The van der Waals surface area contributed by atoms with Crippen molar-refractivity contribution in [1.82, 2.24) is 10.6 Å². The van der Waals surface area contributed by atoms with Gasteiger partial charge >= 0.3 is 0 Å². The van der Waals surface area contributed by atoms with Crippen molar-refractivity contribution < 1.29 is 0 Å². The van der Waals surface area contributed by atoms with Gasteiger partial charge in [-0.2, -0.15) is 0 Å². The van der Waals surface area contributed by atoms with Crippen molar-refractivity contribution in [2.24, 2.45) is 11.8 Å². The quantitative estimate of drug-likeness (QED) is 0.785. The Kier molecular flexibility index (Phi) is 3.12. The highest BCUT2D eigenvalue weighted by atomic mass is 15.1. The molecule has 0 aromatic heterocycles. The molecule has 2 heterocycles. The molecule has 0 spiro atoms. The summed E-state index contributed by atoms with van der Waals surface area (Å²) < 4.78 is 0. The highest BCUT2D eigenvalue weighted by molar-refractivity contribution is 4.97. The topological polar surface area (TPSA) is 24.1 Å². The summed E-state index contributed by atoms with van der Waals surface area (Å²) >= 11 is 0. The molecule has 2 aliphatic carbocycles. The van der Waals surface area contributed by atoms with E-state index in [1.165, 1.54) is 57.8 Å². The Labute approximate surface area is 111 Å².